The quantitative estimate of drug-likeness (QED) is 0.742. The molecular weight excluding hydrogens is 216 g/mol. The highest BCUT2D eigenvalue weighted by atomic mass is 32.2. The summed E-state index contributed by atoms with van der Waals surface area (Å²) in [5, 5.41) is 0. The van der Waals surface area contributed by atoms with Crippen molar-refractivity contribution >= 4 is 10.0 Å². The molecule has 0 saturated carbocycles. The van der Waals surface area contributed by atoms with Crippen LogP contribution in [0.15, 0.2) is 29.2 Å². The zero-order valence-electron chi connectivity index (χ0n) is 8.43. The van der Waals surface area contributed by atoms with Crippen LogP contribution in [-0.4, -0.2) is 28.6 Å². The molecule has 0 unspecified atom stereocenters. The molecule has 0 aliphatic heterocycles. The number of nitrogens with two attached hydrogens (primary N) is 1. The summed E-state index contributed by atoms with van der Waals surface area (Å²) >= 11 is 0. The minimum absolute atomic E-state index is 0.205. The van der Waals surface area contributed by atoms with E-state index in [-0.39, 0.29) is 18.0 Å². The monoisotopic (exact) mass is 230 g/mol. The Morgan fingerprint density at radius 1 is 1.33 bits per heavy atom. The van der Waals surface area contributed by atoms with Crippen molar-refractivity contribution in [1.82, 2.24) is 4.72 Å². The zero-order chi connectivity index (χ0) is 11.3. The number of nitrogens with one attached hydrogen (secondary N) is 1. The molecule has 5 nitrogen and oxygen atoms in total. The first-order valence-corrected chi connectivity index (χ1v) is 5.92. The lowest BCUT2D eigenvalue weighted by Gasteiger charge is -2.06. The highest BCUT2D eigenvalue weighted by Crippen LogP contribution is 2.14. The van der Waals surface area contributed by atoms with Crippen molar-refractivity contribution in [1.29, 1.82) is 0 Å². The minimum atomic E-state index is -3.43. The molecule has 0 amide bonds. The number of ether oxygens (including phenoxy) is 1. The van der Waals surface area contributed by atoms with Crippen molar-refractivity contribution in [3.63, 3.8) is 0 Å². The predicted octanol–water partition coefficient (Wildman–Crippen LogP) is -0.0678. The van der Waals surface area contributed by atoms with Gasteiger partial charge in [0.2, 0.25) is 10.0 Å². The summed E-state index contributed by atoms with van der Waals surface area (Å²) < 4.78 is 30.5. The smallest absolute Gasteiger partial charge is 0.240 e. The fourth-order valence-electron chi connectivity index (χ4n) is 1.03. The average molecular weight is 230 g/mol. The molecule has 0 saturated heterocycles. The molecule has 6 heteroatoms. The van der Waals surface area contributed by atoms with Crippen molar-refractivity contribution in [2.75, 3.05) is 20.2 Å². The normalized spacial score (nSPS) is 11.3. The van der Waals surface area contributed by atoms with Gasteiger partial charge in [-0.1, -0.05) is 0 Å². The lowest BCUT2D eigenvalue weighted by Crippen LogP contribution is -2.29. The van der Waals surface area contributed by atoms with Crippen LogP contribution in [0.5, 0.6) is 5.75 Å². The van der Waals surface area contributed by atoms with Crippen LogP contribution in [0.3, 0.4) is 0 Å². The van der Waals surface area contributed by atoms with E-state index >= 15 is 0 Å². The Bertz CT molecular complexity index is 400. The molecule has 0 aromatic heterocycles. The maximum absolute atomic E-state index is 11.6. The Morgan fingerprint density at radius 2 is 1.93 bits per heavy atom. The Balaban J connectivity index is 2.86. The molecule has 0 atom stereocenters. The second-order valence-electron chi connectivity index (χ2n) is 2.86. The van der Waals surface area contributed by atoms with E-state index < -0.39 is 10.0 Å². The Morgan fingerprint density at radius 3 is 2.40 bits per heavy atom. The molecule has 84 valence electrons. The van der Waals surface area contributed by atoms with Crippen LogP contribution in [0, 0.1) is 0 Å². The fourth-order valence-corrected chi connectivity index (χ4v) is 2.08. The number of benzene rings is 1. The van der Waals surface area contributed by atoms with Gasteiger partial charge < -0.3 is 10.5 Å². The molecule has 0 fully saturated rings. The van der Waals surface area contributed by atoms with Gasteiger partial charge in [-0.05, 0) is 24.3 Å². The summed E-state index contributed by atoms with van der Waals surface area (Å²) in [6.45, 7) is 0.504. The van der Waals surface area contributed by atoms with Crippen molar-refractivity contribution in [3.8, 4) is 5.75 Å². The molecule has 0 spiro atoms. The van der Waals surface area contributed by atoms with Gasteiger partial charge in [-0.15, -0.1) is 0 Å². The average Bonchev–Trinajstić information content (AvgIpc) is 2.26. The van der Waals surface area contributed by atoms with Gasteiger partial charge in [-0.2, -0.15) is 0 Å². The first-order chi connectivity index (χ1) is 7.10. The molecule has 1 aromatic carbocycles. The highest BCUT2D eigenvalue weighted by molar-refractivity contribution is 7.89. The number of methoxy groups -OCH3 is 1. The third-order valence-electron chi connectivity index (χ3n) is 1.81. The van der Waals surface area contributed by atoms with E-state index in [2.05, 4.69) is 4.72 Å². The summed E-state index contributed by atoms with van der Waals surface area (Å²) in [5.74, 6) is 0.618. The molecule has 0 heterocycles. The molecule has 0 aliphatic carbocycles. The van der Waals surface area contributed by atoms with E-state index in [4.69, 9.17) is 10.5 Å². The standard InChI is InChI=1S/C9H14N2O3S/c1-14-8-2-4-9(5-3-8)15(12,13)11-7-6-10/h2-5,11H,6-7,10H2,1H3. The van der Waals surface area contributed by atoms with Gasteiger partial charge in [-0.3, -0.25) is 0 Å². The largest absolute Gasteiger partial charge is 0.497 e. The van der Waals surface area contributed by atoms with Crippen LogP contribution in [0.25, 0.3) is 0 Å². The first-order valence-electron chi connectivity index (χ1n) is 4.44. The third kappa shape index (κ3) is 3.19. The van der Waals surface area contributed by atoms with E-state index in [9.17, 15) is 8.42 Å². The van der Waals surface area contributed by atoms with Crippen LogP contribution >= 0.6 is 0 Å². The van der Waals surface area contributed by atoms with Crippen molar-refractivity contribution in [2.24, 2.45) is 5.73 Å². The Labute approximate surface area is 89.3 Å². The maximum Gasteiger partial charge on any atom is 0.240 e. The number of sulfonamides is 1. The van der Waals surface area contributed by atoms with Crippen molar-refractivity contribution in [2.45, 2.75) is 4.90 Å². The van der Waals surface area contributed by atoms with Gasteiger partial charge in [0.15, 0.2) is 0 Å². The summed E-state index contributed by atoms with van der Waals surface area (Å²) in [4.78, 5) is 0.205. The van der Waals surface area contributed by atoms with E-state index in [1.54, 1.807) is 12.1 Å². The van der Waals surface area contributed by atoms with Gasteiger partial charge in [0.25, 0.3) is 0 Å². The van der Waals surface area contributed by atoms with Crippen molar-refractivity contribution < 1.29 is 13.2 Å². The van der Waals surface area contributed by atoms with Gasteiger partial charge in [0.1, 0.15) is 5.75 Å². The lowest BCUT2D eigenvalue weighted by molar-refractivity contribution is 0.414. The van der Waals surface area contributed by atoms with E-state index in [0.717, 1.165) is 0 Å². The summed E-state index contributed by atoms with van der Waals surface area (Å²) in [6.07, 6.45) is 0. The summed E-state index contributed by atoms with van der Waals surface area (Å²) in [6, 6.07) is 6.16. The van der Waals surface area contributed by atoms with Crippen LogP contribution < -0.4 is 15.2 Å². The number of rotatable bonds is 5. The molecule has 0 aliphatic rings. The molecule has 3 N–H and O–H groups in total. The predicted molar refractivity (Wildman–Crippen MR) is 57.2 cm³/mol. The summed E-state index contributed by atoms with van der Waals surface area (Å²) in [5.41, 5.74) is 5.21. The Hall–Kier alpha value is -1.11. The fraction of sp³-hybridized carbons (Fsp3) is 0.333. The summed E-state index contributed by atoms with van der Waals surface area (Å²) in [7, 11) is -1.91. The van der Waals surface area contributed by atoms with Crippen molar-refractivity contribution in [3.05, 3.63) is 24.3 Å². The highest BCUT2D eigenvalue weighted by Gasteiger charge is 2.12. The third-order valence-corrected chi connectivity index (χ3v) is 3.28. The van der Waals surface area contributed by atoms with E-state index in [0.29, 0.717) is 5.75 Å². The molecule has 15 heavy (non-hydrogen) atoms. The lowest BCUT2D eigenvalue weighted by atomic mass is 10.3. The topological polar surface area (TPSA) is 81.4 Å². The van der Waals surface area contributed by atoms with Crippen LogP contribution in [0.1, 0.15) is 0 Å². The molecular formula is C9H14N2O3S. The van der Waals surface area contributed by atoms with Crippen LogP contribution in [0.4, 0.5) is 0 Å². The van der Waals surface area contributed by atoms with Gasteiger partial charge >= 0.3 is 0 Å². The number of hydrogen-bond acceptors (Lipinski definition) is 4. The maximum atomic E-state index is 11.6. The molecule has 1 rings (SSSR count). The van der Waals surface area contributed by atoms with Crippen LogP contribution in [0.2, 0.25) is 0 Å². The second kappa shape index (κ2) is 5.11. The SMILES string of the molecule is COc1ccc(S(=O)(=O)NCCN)cc1. The van der Waals surface area contributed by atoms with Gasteiger partial charge in [-0.25, -0.2) is 13.1 Å². The zero-order valence-corrected chi connectivity index (χ0v) is 9.25. The molecule has 0 radical (unpaired) electrons. The van der Waals surface area contributed by atoms with Crippen LogP contribution in [-0.2, 0) is 10.0 Å². The number of hydrogen-bond donors (Lipinski definition) is 2. The van der Waals surface area contributed by atoms with E-state index in [1.165, 1.54) is 19.2 Å². The minimum Gasteiger partial charge on any atom is -0.497 e. The second-order valence-corrected chi connectivity index (χ2v) is 4.63. The Kier molecular flexibility index (Phi) is 4.07. The van der Waals surface area contributed by atoms with E-state index in [1.807, 2.05) is 0 Å². The van der Waals surface area contributed by atoms with Gasteiger partial charge in [0, 0.05) is 13.1 Å². The molecule has 1 aromatic rings. The molecule has 0 bridgehead atoms. The first kappa shape index (κ1) is 12.0. The van der Waals surface area contributed by atoms with Gasteiger partial charge in [0.05, 0.1) is 12.0 Å².